The van der Waals surface area contributed by atoms with Crippen LogP contribution in [0.5, 0.6) is 17.4 Å². The largest absolute Gasteiger partial charge is 0.495 e. The Kier molecular flexibility index (Phi) is 9.56. The maximum atomic E-state index is 15.1. The molecule has 1 saturated heterocycles. The van der Waals surface area contributed by atoms with Crippen molar-refractivity contribution in [3.05, 3.63) is 64.1 Å². The number of ether oxygens (including phenoxy) is 2. The number of aryl methyl sites for hydroxylation is 1. The summed E-state index contributed by atoms with van der Waals surface area (Å²) in [5.41, 5.74) is 0.944. The number of piperidine rings is 1. The zero-order valence-electron chi connectivity index (χ0n) is 23.1. The molecule has 0 spiro atoms. The maximum absolute atomic E-state index is 15.1. The first-order chi connectivity index (χ1) is 19.6. The number of halogens is 3. The van der Waals surface area contributed by atoms with Gasteiger partial charge < -0.3 is 30.3 Å². The Morgan fingerprint density at radius 2 is 2.00 bits per heavy atom. The fourth-order valence-corrected chi connectivity index (χ4v) is 4.64. The number of carbonyl (C=O) groups excluding carboxylic acids is 2. The average molecular weight is 589 g/mol. The molecule has 2 heterocycles. The van der Waals surface area contributed by atoms with E-state index in [0.29, 0.717) is 24.9 Å². The van der Waals surface area contributed by atoms with Crippen LogP contribution in [0.2, 0.25) is 5.02 Å². The number of nitrogens with one attached hydrogen (secondary N) is 3. The van der Waals surface area contributed by atoms with Crippen LogP contribution in [-0.2, 0) is 6.42 Å². The van der Waals surface area contributed by atoms with Crippen LogP contribution in [0.25, 0.3) is 0 Å². The van der Waals surface area contributed by atoms with E-state index in [1.165, 1.54) is 26.4 Å². The van der Waals surface area contributed by atoms with Gasteiger partial charge in [-0.15, -0.1) is 0 Å². The van der Waals surface area contributed by atoms with Crippen molar-refractivity contribution in [3.63, 3.8) is 0 Å². The third kappa shape index (κ3) is 6.83. The van der Waals surface area contributed by atoms with Gasteiger partial charge in [-0.2, -0.15) is 4.98 Å². The van der Waals surface area contributed by atoms with Gasteiger partial charge in [-0.1, -0.05) is 30.7 Å². The van der Waals surface area contributed by atoms with Crippen LogP contribution in [0.4, 0.5) is 20.4 Å². The van der Waals surface area contributed by atoms with E-state index >= 15 is 4.39 Å². The Morgan fingerprint density at radius 3 is 2.68 bits per heavy atom. The molecule has 0 saturated carbocycles. The Labute approximate surface area is 241 Å². The average Bonchev–Trinajstić information content (AvgIpc) is 2.95. The number of aromatic nitrogens is 2. The summed E-state index contributed by atoms with van der Waals surface area (Å²) in [7, 11) is 4.67. The number of alkyl halides is 1. The number of hydrogen-bond donors (Lipinski definition) is 3. The number of rotatable bonds is 9. The molecule has 3 N–H and O–H groups in total. The zero-order valence-corrected chi connectivity index (χ0v) is 23.8. The first kappa shape index (κ1) is 29.9. The van der Waals surface area contributed by atoms with Crippen LogP contribution < -0.4 is 25.4 Å². The van der Waals surface area contributed by atoms with Crippen molar-refractivity contribution in [1.29, 1.82) is 0 Å². The molecule has 4 rings (SSSR count). The predicted molar refractivity (Wildman–Crippen MR) is 151 cm³/mol. The van der Waals surface area contributed by atoms with Crippen molar-refractivity contribution in [3.8, 4) is 17.4 Å². The van der Waals surface area contributed by atoms with Gasteiger partial charge in [-0.05, 0) is 37.6 Å². The number of hydrogen-bond acceptors (Lipinski definition) is 8. The van der Waals surface area contributed by atoms with E-state index in [4.69, 9.17) is 21.1 Å². The third-order valence-corrected chi connectivity index (χ3v) is 6.97. The molecule has 1 fully saturated rings. The molecule has 2 atom stereocenters. The summed E-state index contributed by atoms with van der Waals surface area (Å²) >= 11 is 6.29. The number of carbonyl (C=O) groups is 2. The molecule has 2 aromatic carbocycles. The molecule has 0 bridgehead atoms. The van der Waals surface area contributed by atoms with Crippen molar-refractivity contribution in [1.82, 2.24) is 25.5 Å². The number of methoxy groups -OCH3 is 1. The molecular weight excluding hydrogens is 558 g/mol. The van der Waals surface area contributed by atoms with E-state index in [2.05, 4.69) is 25.9 Å². The third-order valence-electron chi connectivity index (χ3n) is 6.71. The fourth-order valence-electron chi connectivity index (χ4n) is 4.51. The Bertz CT molecular complexity index is 1440. The maximum Gasteiger partial charge on any atom is 0.255 e. The molecule has 1 aliphatic heterocycles. The summed E-state index contributed by atoms with van der Waals surface area (Å²) in [6.45, 7) is 2.71. The van der Waals surface area contributed by atoms with Crippen LogP contribution in [0.15, 0.2) is 36.5 Å². The summed E-state index contributed by atoms with van der Waals surface area (Å²) in [6, 6.07) is 6.75. The second-order valence-electron chi connectivity index (χ2n) is 9.48. The highest BCUT2D eigenvalue weighted by atomic mass is 35.5. The highest BCUT2D eigenvalue weighted by Gasteiger charge is 2.30. The molecule has 218 valence electrons. The van der Waals surface area contributed by atoms with Gasteiger partial charge in [0.2, 0.25) is 11.8 Å². The van der Waals surface area contributed by atoms with Gasteiger partial charge in [0.1, 0.15) is 28.5 Å². The van der Waals surface area contributed by atoms with Gasteiger partial charge >= 0.3 is 0 Å². The first-order valence-electron chi connectivity index (χ1n) is 13.0. The van der Waals surface area contributed by atoms with E-state index in [1.54, 1.807) is 19.2 Å². The summed E-state index contributed by atoms with van der Waals surface area (Å²) < 4.78 is 40.8. The van der Waals surface area contributed by atoms with E-state index in [0.717, 1.165) is 11.6 Å². The second kappa shape index (κ2) is 13.1. The molecule has 0 unspecified atom stereocenters. The van der Waals surface area contributed by atoms with E-state index < -0.39 is 23.9 Å². The van der Waals surface area contributed by atoms with Gasteiger partial charge in [-0.3, -0.25) is 9.59 Å². The minimum absolute atomic E-state index is 0.0148. The van der Waals surface area contributed by atoms with Crippen LogP contribution in [-0.4, -0.2) is 73.2 Å². The van der Waals surface area contributed by atoms with Gasteiger partial charge in [0.25, 0.3) is 11.8 Å². The monoisotopic (exact) mass is 588 g/mol. The minimum atomic E-state index is -1.26. The number of benzene rings is 2. The second-order valence-corrected chi connectivity index (χ2v) is 9.88. The van der Waals surface area contributed by atoms with E-state index in [9.17, 15) is 14.0 Å². The molecular formula is C28H31ClF2N6O4. The first-order valence-corrected chi connectivity index (χ1v) is 13.3. The molecule has 41 heavy (non-hydrogen) atoms. The molecule has 10 nitrogen and oxygen atoms in total. The van der Waals surface area contributed by atoms with Crippen LogP contribution in [0, 0.1) is 5.82 Å². The van der Waals surface area contributed by atoms with Crippen LogP contribution in [0.1, 0.15) is 39.6 Å². The van der Waals surface area contributed by atoms with Crippen molar-refractivity contribution in [2.24, 2.45) is 0 Å². The Balaban J connectivity index is 1.57. The lowest BCUT2D eigenvalue weighted by molar-refractivity contribution is 0.0817. The fraction of sp³-hybridized carbons (Fsp3) is 0.357. The SMILES string of the molecule is CCc1cccc(Oc2nc(Nc3cc(F)c(C(=O)N[C@H]4CCN(C)C[C@H]4F)cc3OC)ncc2Cl)c1C(=O)NC. The lowest BCUT2D eigenvalue weighted by Crippen LogP contribution is -2.51. The standard InChI is InChI=1S/C28H31ClF2N6O4/c1-5-15-7-6-8-22(24(15)26(39)32-2)41-27-17(29)13-33-28(36-27)35-21-12-18(30)16(11-23(21)40-4)25(38)34-20-9-10-37(3)14-19(20)31/h6-8,11-13,19-20H,5,9-10,14H2,1-4H3,(H,32,39)(H,34,38)(H,33,35,36)/t19-,20+/m1/s1. The zero-order chi connectivity index (χ0) is 29.7. The van der Waals surface area contributed by atoms with E-state index in [1.807, 2.05) is 17.9 Å². The minimum Gasteiger partial charge on any atom is -0.495 e. The molecule has 0 aliphatic carbocycles. The molecule has 0 radical (unpaired) electrons. The Morgan fingerprint density at radius 1 is 1.22 bits per heavy atom. The lowest BCUT2D eigenvalue weighted by Gasteiger charge is -2.32. The van der Waals surface area contributed by atoms with Gasteiger partial charge in [-0.25, -0.2) is 13.8 Å². The van der Waals surface area contributed by atoms with Crippen molar-refractivity contribution < 1.29 is 27.8 Å². The number of amides is 2. The van der Waals surface area contributed by atoms with Gasteiger partial charge in [0.05, 0.1) is 36.2 Å². The predicted octanol–water partition coefficient (Wildman–Crippen LogP) is 4.51. The van der Waals surface area contributed by atoms with Gasteiger partial charge in [0.15, 0.2) is 0 Å². The lowest BCUT2D eigenvalue weighted by atomic mass is 10.0. The molecule has 1 aliphatic rings. The molecule has 2 amide bonds. The van der Waals surface area contributed by atoms with Crippen molar-refractivity contribution in [2.45, 2.75) is 32.0 Å². The topological polar surface area (TPSA) is 118 Å². The number of anilines is 2. The molecule has 13 heteroatoms. The molecule has 1 aromatic heterocycles. The summed E-state index contributed by atoms with van der Waals surface area (Å²) in [4.78, 5) is 35.6. The number of nitrogens with zero attached hydrogens (tertiary/aromatic N) is 3. The molecule has 3 aromatic rings. The highest BCUT2D eigenvalue weighted by Crippen LogP contribution is 2.34. The quantitative estimate of drug-likeness (QED) is 0.334. The van der Waals surface area contributed by atoms with Crippen LogP contribution in [0.3, 0.4) is 0 Å². The number of likely N-dealkylation sites (tertiary alicyclic amines) is 1. The van der Waals surface area contributed by atoms with E-state index in [-0.39, 0.29) is 52.1 Å². The van der Waals surface area contributed by atoms with Crippen molar-refractivity contribution >= 4 is 35.1 Å². The smallest absolute Gasteiger partial charge is 0.255 e. The summed E-state index contributed by atoms with van der Waals surface area (Å²) in [5.74, 6) is -1.63. The van der Waals surface area contributed by atoms with Crippen molar-refractivity contribution in [2.75, 3.05) is 39.6 Å². The summed E-state index contributed by atoms with van der Waals surface area (Å²) in [6.07, 6.45) is 1.03. The Hall–Kier alpha value is -4.03. The van der Waals surface area contributed by atoms with Crippen LogP contribution >= 0.6 is 11.6 Å². The van der Waals surface area contributed by atoms with Gasteiger partial charge in [0, 0.05) is 26.2 Å². The highest BCUT2D eigenvalue weighted by molar-refractivity contribution is 6.31. The summed E-state index contributed by atoms with van der Waals surface area (Å²) in [5, 5.41) is 8.11. The normalized spacial score (nSPS) is 17.0.